The van der Waals surface area contributed by atoms with Crippen LogP contribution in [-0.2, 0) is 16.2 Å². The molecule has 3 aromatic carbocycles. The summed E-state index contributed by atoms with van der Waals surface area (Å²) in [5, 5.41) is 7.58. The van der Waals surface area contributed by atoms with Crippen molar-refractivity contribution in [3.8, 4) is 5.75 Å². The van der Waals surface area contributed by atoms with Crippen molar-refractivity contribution in [2.24, 2.45) is 5.10 Å². The van der Waals surface area contributed by atoms with Gasteiger partial charge in [-0.2, -0.15) is 5.10 Å². The molecule has 0 aromatic heterocycles. The quantitative estimate of drug-likeness (QED) is 0.264. The SMILES string of the molecule is Cc1ccccc1NC(=O)CC(=O)NN=Cc1ccccc1OCc1ccc(Cl)c(Cl)c1. The molecule has 3 rings (SSSR count). The van der Waals surface area contributed by atoms with Crippen LogP contribution in [0.2, 0.25) is 10.0 Å². The van der Waals surface area contributed by atoms with E-state index in [2.05, 4.69) is 15.8 Å². The summed E-state index contributed by atoms with van der Waals surface area (Å²) in [4.78, 5) is 24.1. The van der Waals surface area contributed by atoms with Gasteiger partial charge in [0.1, 0.15) is 18.8 Å². The van der Waals surface area contributed by atoms with Gasteiger partial charge in [-0.25, -0.2) is 5.43 Å². The maximum absolute atomic E-state index is 12.1. The molecule has 0 fully saturated rings. The van der Waals surface area contributed by atoms with E-state index in [0.717, 1.165) is 11.1 Å². The summed E-state index contributed by atoms with van der Waals surface area (Å²) in [6, 6.07) is 19.9. The smallest absolute Gasteiger partial charge is 0.249 e. The zero-order chi connectivity index (χ0) is 22.9. The van der Waals surface area contributed by atoms with Crippen LogP contribution in [-0.4, -0.2) is 18.0 Å². The largest absolute Gasteiger partial charge is 0.488 e. The Morgan fingerprint density at radius 2 is 1.72 bits per heavy atom. The van der Waals surface area contributed by atoms with Crippen LogP contribution in [0, 0.1) is 6.92 Å². The van der Waals surface area contributed by atoms with Gasteiger partial charge in [0.15, 0.2) is 0 Å². The lowest BCUT2D eigenvalue weighted by atomic mass is 10.2. The number of para-hydroxylation sites is 2. The highest BCUT2D eigenvalue weighted by molar-refractivity contribution is 6.42. The van der Waals surface area contributed by atoms with Gasteiger partial charge < -0.3 is 10.1 Å². The van der Waals surface area contributed by atoms with E-state index in [9.17, 15) is 9.59 Å². The third-order valence-corrected chi connectivity index (χ3v) is 5.17. The van der Waals surface area contributed by atoms with Crippen LogP contribution >= 0.6 is 23.2 Å². The number of halogens is 2. The molecule has 2 amide bonds. The number of rotatable bonds is 8. The van der Waals surface area contributed by atoms with Crippen LogP contribution in [0.1, 0.15) is 23.1 Å². The molecule has 0 bridgehead atoms. The predicted molar refractivity (Wildman–Crippen MR) is 127 cm³/mol. The number of amides is 2. The van der Waals surface area contributed by atoms with Crippen molar-refractivity contribution in [3.63, 3.8) is 0 Å². The first-order valence-corrected chi connectivity index (χ1v) is 10.5. The highest BCUT2D eigenvalue weighted by Gasteiger charge is 2.10. The van der Waals surface area contributed by atoms with Crippen molar-refractivity contribution in [2.75, 3.05) is 5.32 Å². The zero-order valence-electron chi connectivity index (χ0n) is 17.3. The van der Waals surface area contributed by atoms with Crippen LogP contribution < -0.4 is 15.5 Å². The van der Waals surface area contributed by atoms with E-state index in [0.29, 0.717) is 27.0 Å². The number of anilines is 1. The second kappa shape index (κ2) is 11.3. The Balaban J connectivity index is 1.53. The van der Waals surface area contributed by atoms with Crippen molar-refractivity contribution in [2.45, 2.75) is 20.0 Å². The molecule has 8 heteroatoms. The van der Waals surface area contributed by atoms with E-state index >= 15 is 0 Å². The number of hydrogen-bond acceptors (Lipinski definition) is 4. The van der Waals surface area contributed by atoms with Gasteiger partial charge in [0, 0.05) is 11.3 Å². The average molecular weight is 470 g/mol. The molecule has 0 radical (unpaired) electrons. The fraction of sp³-hybridized carbons (Fsp3) is 0.125. The molecule has 3 aromatic rings. The Morgan fingerprint density at radius 3 is 2.50 bits per heavy atom. The fourth-order valence-corrected chi connectivity index (χ4v) is 3.10. The minimum atomic E-state index is -0.526. The molecule has 0 unspecified atom stereocenters. The second-order valence-electron chi connectivity index (χ2n) is 6.91. The van der Waals surface area contributed by atoms with Crippen molar-refractivity contribution < 1.29 is 14.3 Å². The van der Waals surface area contributed by atoms with Crippen LogP contribution in [0.25, 0.3) is 0 Å². The maximum atomic E-state index is 12.1. The monoisotopic (exact) mass is 469 g/mol. The molecule has 32 heavy (non-hydrogen) atoms. The van der Waals surface area contributed by atoms with Crippen molar-refractivity contribution in [3.05, 3.63) is 93.5 Å². The number of benzene rings is 3. The second-order valence-corrected chi connectivity index (χ2v) is 7.72. The summed E-state index contributed by atoms with van der Waals surface area (Å²) >= 11 is 12.0. The highest BCUT2D eigenvalue weighted by Crippen LogP contribution is 2.24. The van der Waals surface area contributed by atoms with Gasteiger partial charge in [0.05, 0.1) is 16.3 Å². The van der Waals surface area contributed by atoms with Crippen LogP contribution in [0.3, 0.4) is 0 Å². The highest BCUT2D eigenvalue weighted by atomic mass is 35.5. The number of nitrogens with one attached hydrogen (secondary N) is 2. The first-order chi connectivity index (χ1) is 15.4. The summed E-state index contributed by atoms with van der Waals surface area (Å²) in [5.74, 6) is -0.368. The van der Waals surface area contributed by atoms with Gasteiger partial charge in [-0.05, 0) is 48.4 Å². The third kappa shape index (κ3) is 6.83. The minimum Gasteiger partial charge on any atom is -0.488 e. The number of ether oxygens (including phenoxy) is 1. The standard InChI is InChI=1S/C24H21Cl2N3O3/c1-16-6-2-4-8-21(16)28-23(30)13-24(31)29-27-14-18-7-3-5-9-22(18)32-15-17-10-11-19(25)20(26)12-17/h2-12,14H,13,15H2,1H3,(H,28,30)(H,29,31). The lowest BCUT2D eigenvalue weighted by molar-refractivity contribution is -0.126. The molecule has 6 nitrogen and oxygen atoms in total. The lowest BCUT2D eigenvalue weighted by Crippen LogP contribution is -2.24. The third-order valence-electron chi connectivity index (χ3n) is 4.43. The zero-order valence-corrected chi connectivity index (χ0v) is 18.8. The molecule has 0 atom stereocenters. The molecule has 0 aliphatic carbocycles. The van der Waals surface area contributed by atoms with E-state index in [1.165, 1.54) is 6.21 Å². The lowest BCUT2D eigenvalue weighted by Gasteiger charge is -2.10. The van der Waals surface area contributed by atoms with E-state index < -0.39 is 11.8 Å². The topological polar surface area (TPSA) is 79.8 Å². The van der Waals surface area contributed by atoms with Crippen molar-refractivity contribution >= 4 is 46.9 Å². The summed E-state index contributed by atoms with van der Waals surface area (Å²) in [6.07, 6.45) is 1.11. The molecule has 0 aliphatic heterocycles. The molecule has 0 saturated heterocycles. The van der Waals surface area contributed by atoms with Crippen molar-refractivity contribution in [1.82, 2.24) is 5.43 Å². The van der Waals surface area contributed by atoms with Crippen LogP contribution in [0.15, 0.2) is 71.8 Å². The first-order valence-electron chi connectivity index (χ1n) is 9.75. The van der Waals surface area contributed by atoms with Gasteiger partial charge in [-0.3, -0.25) is 9.59 Å². The number of aryl methyl sites for hydroxylation is 1. The van der Waals surface area contributed by atoms with E-state index in [4.69, 9.17) is 27.9 Å². The summed E-state index contributed by atoms with van der Waals surface area (Å²) in [6.45, 7) is 2.16. The van der Waals surface area contributed by atoms with Crippen molar-refractivity contribution in [1.29, 1.82) is 0 Å². The molecule has 0 heterocycles. The number of carbonyl (C=O) groups is 2. The molecule has 164 valence electrons. The van der Waals surface area contributed by atoms with Gasteiger partial charge in [-0.15, -0.1) is 0 Å². The van der Waals surface area contributed by atoms with E-state index in [1.54, 1.807) is 30.3 Å². The Hall–Kier alpha value is -3.35. The predicted octanol–water partition coefficient (Wildman–Crippen LogP) is 5.36. The summed E-state index contributed by atoms with van der Waals surface area (Å²) in [5.41, 5.74) is 5.47. The summed E-state index contributed by atoms with van der Waals surface area (Å²) < 4.78 is 5.85. The minimum absolute atomic E-state index is 0.285. The molecule has 0 aliphatic rings. The average Bonchev–Trinajstić information content (AvgIpc) is 2.77. The van der Waals surface area contributed by atoms with Gasteiger partial charge in [0.2, 0.25) is 11.8 Å². The number of carbonyl (C=O) groups excluding carboxylic acids is 2. The molecular weight excluding hydrogens is 449 g/mol. The van der Waals surface area contributed by atoms with Gasteiger partial charge in [0.25, 0.3) is 0 Å². The maximum Gasteiger partial charge on any atom is 0.249 e. The van der Waals surface area contributed by atoms with E-state index in [1.807, 2.05) is 43.3 Å². The number of hydrazone groups is 1. The normalized spacial score (nSPS) is 10.7. The first kappa shape index (κ1) is 23.3. The molecule has 2 N–H and O–H groups in total. The molecule has 0 saturated carbocycles. The molecule has 0 spiro atoms. The Morgan fingerprint density at radius 1 is 0.969 bits per heavy atom. The van der Waals surface area contributed by atoms with E-state index in [-0.39, 0.29) is 13.0 Å². The Bertz CT molecular complexity index is 1150. The molecular formula is C24H21Cl2N3O3. The van der Waals surface area contributed by atoms with Gasteiger partial charge >= 0.3 is 0 Å². The Kier molecular flexibility index (Phi) is 8.25. The number of hydrogen-bond donors (Lipinski definition) is 2. The fourth-order valence-electron chi connectivity index (χ4n) is 2.78. The number of nitrogens with zero attached hydrogens (tertiary/aromatic N) is 1. The van der Waals surface area contributed by atoms with Gasteiger partial charge in [-0.1, -0.05) is 59.6 Å². The Labute approximate surface area is 196 Å². The van der Waals surface area contributed by atoms with Crippen LogP contribution in [0.5, 0.6) is 5.75 Å². The van der Waals surface area contributed by atoms with Crippen LogP contribution in [0.4, 0.5) is 5.69 Å². The summed E-state index contributed by atoms with van der Waals surface area (Å²) in [7, 11) is 0.